The Labute approximate surface area is 192 Å². The molecule has 0 aliphatic carbocycles. The van der Waals surface area contributed by atoms with Crippen molar-refractivity contribution in [2.45, 2.75) is 25.9 Å². The summed E-state index contributed by atoms with van der Waals surface area (Å²) in [5.41, 5.74) is 2.98. The molecule has 0 spiro atoms. The molecule has 2 saturated heterocycles. The van der Waals surface area contributed by atoms with Crippen molar-refractivity contribution in [1.29, 1.82) is 0 Å². The monoisotopic (exact) mass is 461 g/mol. The number of para-hydroxylation sites is 1. The number of hydrogen-bond acceptors (Lipinski definition) is 4. The van der Waals surface area contributed by atoms with Gasteiger partial charge < -0.3 is 15.1 Å². The fraction of sp³-hybridized carbons (Fsp3) is 0.348. The molecule has 158 valence electrons. The van der Waals surface area contributed by atoms with Gasteiger partial charge in [0.15, 0.2) is 0 Å². The lowest BCUT2D eigenvalue weighted by Crippen LogP contribution is -2.54. The van der Waals surface area contributed by atoms with Gasteiger partial charge >= 0.3 is 0 Å². The van der Waals surface area contributed by atoms with Crippen molar-refractivity contribution in [3.63, 3.8) is 0 Å². The average Bonchev–Trinajstić information content (AvgIpc) is 2.68. The summed E-state index contributed by atoms with van der Waals surface area (Å²) in [6, 6.07) is 14.4. The van der Waals surface area contributed by atoms with Crippen molar-refractivity contribution < 1.29 is 4.79 Å². The van der Waals surface area contributed by atoms with E-state index in [1.54, 1.807) is 34.9 Å². The highest BCUT2D eigenvalue weighted by molar-refractivity contribution is 8.04. The van der Waals surface area contributed by atoms with Crippen LogP contribution in [0.25, 0.3) is 6.08 Å². The van der Waals surface area contributed by atoms with E-state index in [1.165, 1.54) is 5.69 Å². The fourth-order valence-corrected chi connectivity index (χ4v) is 5.60. The summed E-state index contributed by atoms with van der Waals surface area (Å²) in [6.45, 7) is 6.93. The molecular weight excluding hydrogens is 437 g/mol. The molecule has 7 heteroatoms. The molecule has 0 bridgehead atoms. The highest BCUT2D eigenvalue weighted by Gasteiger charge is 2.27. The quantitative estimate of drug-likeness (QED) is 0.628. The molecule has 2 unspecified atom stereocenters. The number of rotatable bonds is 3. The first kappa shape index (κ1) is 21.6. The number of nitrogens with one attached hydrogen (secondary N) is 1. The molecule has 2 aromatic carbocycles. The molecule has 1 N–H and O–H groups in total. The molecule has 2 atom stereocenters. The van der Waals surface area contributed by atoms with Crippen molar-refractivity contribution in [1.82, 2.24) is 5.32 Å². The molecule has 2 aliphatic rings. The number of nitrogens with zero attached hydrogens (tertiary/aromatic N) is 2. The number of benzene rings is 2. The Morgan fingerprint density at radius 1 is 1.07 bits per heavy atom. The molecular formula is C23H25Cl2N3OS. The van der Waals surface area contributed by atoms with Crippen molar-refractivity contribution >= 4 is 58.3 Å². The Morgan fingerprint density at radius 2 is 1.73 bits per heavy atom. The van der Waals surface area contributed by atoms with Crippen LogP contribution in [0.3, 0.4) is 0 Å². The van der Waals surface area contributed by atoms with E-state index in [0.717, 1.165) is 35.0 Å². The minimum Gasteiger partial charge on any atom is -0.368 e. The van der Waals surface area contributed by atoms with Gasteiger partial charge in [-0.1, -0.05) is 41.4 Å². The zero-order chi connectivity index (χ0) is 21.3. The highest BCUT2D eigenvalue weighted by atomic mass is 35.5. The number of halogens is 2. The zero-order valence-electron chi connectivity index (χ0n) is 17.1. The average molecular weight is 462 g/mol. The van der Waals surface area contributed by atoms with Crippen LogP contribution >= 0.6 is 35.0 Å². The molecule has 2 heterocycles. The molecule has 0 radical (unpaired) electrons. The summed E-state index contributed by atoms with van der Waals surface area (Å²) in [6.07, 6.45) is 2.03. The van der Waals surface area contributed by atoms with E-state index in [2.05, 4.69) is 42.3 Å². The van der Waals surface area contributed by atoms with Crippen molar-refractivity contribution in [2.24, 2.45) is 0 Å². The molecule has 4 nitrogen and oxygen atoms in total. The number of piperazine rings is 1. The summed E-state index contributed by atoms with van der Waals surface area (Å²) in [7, 11) is 0. The van der Waals surface area contributed by atoms with E-state index in [1.807, 2.05) is 12.1 Å². The van der Waals surface area contributed by atoms with Crippen LogP contribution in [0.15, 0.2) is 47.4 Å². The molecule has 30 heavy (non-hydrogen) atoms. The van der Waals surface area contributed by atoms with E-state index in [4.69, 9.17) is 23.2 Å². The van der Waals surface area contributed by atoms with E-state index in [9.17, 15) is 4.79 Å². The third kappa shape index (κ3) is 4.80. The lowest BCUT2D eigenvalue weighted by molar-refractivity contribution is -0.114. The zero-order valence-corrected chi connectivity index (χ0v) is 19.4. The topological polar surface area (TPSA) is 35.6 Å². The van der Waals surface area contributed by atoms with Crippen molar-refractivity contribution in [3.05, 3.63) is 63.0 Å². The minimum atomic E-state index is -0.0126. The minimum absolute atomic E-state index is 0.0126. The van der Waals surface area contributed by atoms with Gasteiger partial charge in [-0.25, -0.2) is 0 Å². The number of amides is 1. The second kappa shape index (κ2) is 9.23. The molecule has 0 saturated carbocycles. The first-order valence-electron chi connectivity index (χ1n) is 10.1. The Kier molecular flexibility index (Phi) is 6.63. The molecule has 2 aromatic rings. The van der Waals surface area contributed by atoms with Gasteiger partial charge in [-0.2, -0.15) is 0 Å². The maximum atomic E-state index is 13.3. The Bertz CT molecular complexity index is 950. The number of anilines is 2. The van der Waals surface area contributed by atoms with Gasteiger partial charge in [0.25, 0.3) is 5.91 Å². The first-order chi connectivity index (χ1) is 14.4. The maximum absolute atomic E-state index is 13.3. The van der Waals surface area contributed by atoms with Crippen LogP contribution in [0.1, 0.15) is 19.4 Å². The molecule has 4 rings (SSSR count). The van der Waals surface area contributed by atoms with Gasteiger partial charge in [-0.05, 0) is 49.8 Å². The van der Waals surface area contributed by atoms with E-state index < -0.39 is 0 Å². The Balaban J connectivity index is 1.64. The van der Waals surface area contributed by atoms with E-state index in [0.29, 0.717) is 28.7 Å². The lowest BCUT2D eigenvalue weighted by Gasteiger charge is -2.38. The van der Waals surface area contributed by atoms with Crippen molar-refractivity contribution in [3.8, 4) is 0 Å². The van der Waals surface area contributed by atoms with Crippen LogP contribution in [0.2, 0.25) is 10.0 Å². The van der Waals surface area contributed by atoms with Gasteiger partial charge in [0.05, 0.1) is 4.91 Å². The summed E-state index contributed by atoms with van der Waals surface area (Å²) in [5.74, 6) is 0.812. The maximum Gasteiger partial charge on any atom is 0.264 e. The van der Waals surface area contributed by atoms with E-state index in [-0.39, 0.29) is 5.91 Å². The molecule has 1 amide bonds. The molecule has 0 aromatic heterocycles. The second-order valence-corrected chi connectivity index (χ2v) is 9.88. The number of hydrogen-bond donors (Lipinski definition) is 1. The Morgan fingerprint density at radius 3 is 2.43 bits per heavy atom. The predicted molar refractivity (Wildman–Crippen MR) is 130 cm³/mol. The number of carbonyl (C=O) groups is 1. The Hall–Kier alpha value is -1.66. The fourth-order valence-electron chi connectivity index (χ4n) is 4.15. The number of thioether (sulfide) groups is 1. The second-order valence-electron chi connectivity index (χ2n) is 7.87. The summed E-state index contributed by atoms with van der Waals surface area (Å²) < 4.78 is 0. The lowest BCUT2D eigenvalue weighted by atomic mass is 10.1. The SMILES string of the molecule is CC1CN(c2ccccc2/C=C2\SCCN(c3cc(Cl)cc(Cl)c3)C2=O)CC(C)N1. The van der Waals surface area contributed by atoms with E-state index >= 15 is 0 Å². The van der Waals surface area contributed by atoms with Gasteiger partial charge in [0, 0.05) is 58.9 Å². The third-order valence-corrected chi connectivity index (χ3v) is 6.74. The number of carbonyl (C=O) groups excluding carboxylic acids is 1. The smallest absolute Gasteiger partial charge is 0.264 e. The van der Waals surface area contributed by atoms with Crippen LogP contribution in [-0.2, 0) is 4.79 Å². The van der Waals surface area contributed by atoms with Crippen LogP contribution < -0.4 is 15.1 Å². The van der Waals surface area contributed by atoms with Gasteiger partial charge in [-0.3, -0.25) is 4.79 Å². The van der Waals surface area contributed by atoms with Crippen LogP contribution in [0.4, 0.5) is 11.4 Å². The summed E-state index contributed by atoms with van der Waals surface area (Å²) >= 11 is 13.9. The molecule has 2 fully saturated rings. The van der Waals surface area contributed by atoms with Crippen LogP contribution in [-0.4, -0.2) is 43.4 Å². The largest absolute Gasteiger partial charge is 0.368 e. The van der Waals surface area contributed by atoms with Crippen LogP contribution in [0, 0.1) is 0 Å². The third-order valence-electron chi connectivity index (χ3n) is 5.31. The predicted octanol–water partition coefficient (Wildman–Crippen LogP) is 5.30. The van der Waals surface area contributed by atoms with Gasteiger partial charge in [0.2, 0.25) is 0 Å². The summed E-state index contributed by atoms with van der Waals surface area (Å²) in [4.78, 5) is 18.2. The summed E-state index contributed by atoms with van der Waals surface area (Å²) in [5, 5.41) is 4.63. The standard InChI is InChI=1S/C23H25Cl2N3OS/c1-15-13-27(14-16(2)26-15)21-6-4-3-5-17(21)9-22-23(29)28(7-8-30-22)20-11-18(24)10-19(25)12-20/h3-6,9-12,15-16,26H,7-8,13-14H2,1-2H3/b22-9-. The van der Waals surface area contributed by atoms with Crippen molar-refractivity contribution in [2.75, 3.05) is 35.2 Å². The van der Waals surface area contributed by atoms with Gasteiger partial charge in [0.1, 0.15) is 0 Å². The van der Waals surface area contributed by atoms with Crippen LogP contribution in [0.5, 0.6) is 0 Å². The molecule has 2 aliphatic heterocycles. The normalized spacial score (nSPS) is 23.9. The van der Waals surface area contributed by atoms with Gasteiger partial charge in [-0.15, -0.1) is 11.8 Å². The first-order valence-corrected chi connectivity index (χ1v) is 11.9. The highest BCUT2D eigenvalue weighted by Crippen LogP contribution is 2.34.